The largest absolute Gasteiger partial charge is 0.298 e. The maximum atomic E-state index is 10.5. The number of nitrogens with zero attached hydrogens (tertiary/aromatic N) is 1. The Morgan fingerprint density at radius 3 is 2.67 bits per heavy atom. The average Bonchev–Trinajstić information content (AvgIpc) is 2.04. The molecule has 0 spiro atoms. The minimum absolute atomic E-state index is 0. The van der Waals surface area contributed by atoms with Gasteiger partial charge in [-0.3, -0.25) is 9.78 Å². The summed E-state index contributed by atoms with van der Waals surface area (Å²) in [4.78, 5) is 14.7. The summed E-state index contributed by atoms with van der Waals surface area (Å²) in [6.07, 6.45) is 1.67. The molecule has 0 unspecified atom stereocenters. The molecule has 0 atom stereocenters. The van der Waals surface area contributed by atoms with E-state index in [1.165, 1.54) is 0 Å². The summed E-state index contributed by atoms with van der Waals surface area (Å²) in [5.41, 5.74) is 2.56. The van der Waals surface area contributed by atoms with Crippen molar-refractivity contribution in [1.29, 1.82) is 0 Å². The molecule has 1 aromatic heterocycles. The number of hydrogen-bond donors (Lipinski definition) is 0. The molecule has 3 heteroatoms. The van der Waals surface area contributed by atoms with Crippen LogP contribution in [0.5, 0.6) is 0 Å². The maximum absolute atomic E-state index is 10.5. The van der Waals surface area contributed by atoms with Gasteiger partial charge in [-0.05, 0) is 25.5 Å². The van der Waals surface area contributed by atoms with Crippen molar-refractivity contribution in [2.45, 2.75) is 20.3 Å². The Morgan fingerprint density at radius 2 is 2.17 bits per heavy atom. The van der Waals surface area contributed by atoms with Gasteiger partial charge in [-0.25, -0.2) is 0 Å². The number of pyridine rings is 1. The molecule has 1 heterocycles. The van der Waals surface area contributed by atoms with E-state index in [4.69, 9.17) is 0 Å². The summed E-state index contributed by atoms with van der Waals surface area (Å²) in [5, 5.41) is 0. The third kappa shape index (κ3) is 2.31. The van der Waals surface area contributed by atoms with E-state index in [-0.39, 0.29) is 12.4 Å². The molecule has 0 amide bonds. The summed E-state index contributed by atoms with van der Waals surface area (Å²) in [6, 6.07) is 3.66. The fourth-order valence-electron chi connectivity index (χ4n) is 1.01. The van der Waals surface area contributed by atoms with Gasteiger partial charge in [-0.15, -0.1) is 12.4 Å². The van der Waals surface area contributed by atoms with Gasteiger partial charge < -0.3 is 0 Å². The molecule has 0 N–H and O–H groups in total. The van der Waals surface area contributed by atoms with Crippen LogP contribution >= 0.6 is 12.4 Å². The zero-order chi connectivity index (χ0) is 8.27. The molecule has 0 bridgehead atoms. The molecule has 0 fully saturated rings. The number of hydrogen-bond acceptors (Lipinski definition) is 2. The lowest BCUT2D eigenvalue weighted by Gasteiger charge is -2.00. The van der Waals surface area contributed by atoms with Gasteiger partial charge in [0.1, 0.15) is 0 Å². The first kappa shape index (κ1) is 11.1. The number of aldehydes is 1. The van der Waals surface area contributed by atoms with Crippen molar-refractivity contribution in [3.8, 4) is 0 Å². The fourth-order valence-corrected chi connectivity index (χ4v) is 1.01. The molecule has 0 aromatic carbocycles. The number of rotatable bonds is 2. The Kier molecular flexibility index (Phi) is 4.52. The molecule has 66 valence electrons. The Hall–Kier alpha value is -0.890. The Bertz CT molecular complexity index is 273. The van der Waals surface area contributed by atoms with Crippen LogP contribution in [-0.4, -0.2) is 11.3 Å². The van der Waals surface area contributed by atoms with Gasteiger partial charge in [0.25, 0.3) is 0 Å². The van der Waals surface area contributed by atoms with E-state index < -0.39 is 0 Å². The van der Waals surface area contributed by atoms with Crippen LogP contribution in [0, 0.1) is 6.92 Å². The van der Waals surface area contributed by atoms with Crippen molar-refractivity contribution < 1.29 is 4.79 Å². The van der Waals surface area contributed by atoms with Gasteiger partial charge in [0.05, 0.1) is 5.69 Å². The minimum atomic E-state index is 0. The molecule has 1 aromatic rings. The highest BCUT2D eigenvalue weighted by Crippen LogP contribution is 2.05. The first-order valence-corrected chi connectivity index (χ1v) is 3.69. The van der Waals surface area contributed by atoms with Crippen LogP contribution in [-0.2, 0) is 6.42 Å². The Morgan fingerprint density at radius 1 is 1.50 bits per heavy atom. The van der Waals surface area contributed by atoms with Crippen molar-refractivity contribution in [2.24, 2.45) is 0 Å². The quantitative estimate of drug-likeness (QED) is 0.662. The van der Waals surface area contributed by atoms with Crippen LogP contribution in [0.2, 0.25) is 0 Å². The molecule has 0 aliphatic heterocycles. The first-order chi connectivity index (χ1) is 5.27. The number of aromatic nitrogens is 1. The number of carbonyl (C=O) groups excluding carboxylic acids is 1. The van der Waals surface area contributed by atoms with Gasteiger partial charge in [0, 0.05) is 11.3 Å². The highest BCUT2D eigenvalue weighted by molar-refractivity contribution is 5.85. The molecule has 0 saturated heterocycles. The summed E-state index contributed by atoms with van der Waals surface area (Å²) in [5.74, 6) is 0. The smallest absolute Gasteiger partial charge is 0.151 e. The van der Waals surface area contributed by atoms with Crippen LogP contribution in [0.25, 0.3) is 0 Å². The first-order valence-electron chi connectivity index (χ1n) is 3.69. The van der Waals surface area contributed by atoms with Crippen LogP contribution < -0.4 is 0 Å². The molecule has 0 aliphatic carbocycles. The van der Waals surface area contributed by atoms with E-state index in [2.05, 4.69) is 4.98 Å². The average molecular weight is 186 g/mol. The fraction of sp³-hybridized carbons (Fsp3) is 0.333. The van der Waals surface area contributed by atoms with Crippen molar-refractivity contribution in [1.82, 2.24) is 4.98 Å². The third-order valence-electron chi connectivity index (χ3n) is 1.61. The van der Waals surface area contributed by atoms with Crippen molar-refractivity contribution >= 4 is 18.7 Å². The second-order valence-electron chi connectivity index (χ2n) is 2.46. The number of carbonyl (C=O) groups is 1. The normalized spacial score (nSPS) is 8.83. The number of halogens is 1. The van der Waals surface area contributed by atoms with Crippen LogP contribution in [0.4, 0.5) is 0 Å². The molecular formula is C9H12ClNO. The van der Waals surface area contributed by atoms with Crippen molar-refractivity contribution in [2.75, 3.05) is 0 Å². The monoisotopic (exact) mass is 185 g/mol. The SMILES string of the molecule is CCc1nc(C)ccc1C=O.Cl. The van der Waals surface area contributed by atoms with Crippen LogP contribution in [0.15, 0.2) is 12.1 Å². The summed E-state index contributed by atoms with van der Waals surface area (Å²) in [7, 11) is 0. The predicted molar refractivity (Wildman–Crippen MR) is 51.0 cm³/mol. The van der Waals surface area contributed by atoms with Gasteiger partial charge in [0.2, 0.25) is 0 Å². The highest BCUT2D eigenvalue weighted by Gasteiger charge is 1.99. The Labute approximate surface area is 78.4 Å². The lowest BCUT2D eigenvalue weighted by molar-refractivity contribution is 0.112. The van der Waals surface area contributed by atoms with Crippen LogP contribution in [0.1, 0.15) is 28.7 Å². The molecule has 0 radical (unpaired) electrons. The molecule has 1 rings (SSSR count). The van der Waals surface area contributed by atoms with E-state index in [0.29, 0.717) is 5.56 Å². The molecule has 12 heavy (non-hydrogen) atoms. The van der Waals surface area contributed by atoms with Crippen LogP contribution in [0.3, 0.4) is 0 Å². The molecule has 0 aliphatic rings. The second kappa shape index (κ2) is 4.88. The molecule has 0 saturated carbocycles. The van der Waals surface area contributed by atoms with Gasteiger partial charge >= 0.3 is 0 Å². The zero-order valence-corrected chi connectivity index (χ0v) is 8.02. The van der Waals surface area contributed by atoms with Crippen molar-refractivity contribution in [3.05, 3.63) is 29.1 Å². The topological polar surface area (TPSA) is 30.0 Å². The van der Waals surface area contributed by atoms with E-state index in [0.717, 1.165) is 24.1 Å². The minimum Gasteiger partial charge on any atom is -0.298 e. The van der Waals surface area contributed by atoms with Crippen molar-refractivity contribution in [3.63, 3.8) is 0 Å². The third-order valence-corrected chi connectivity index (χ3v) is 1.61. The molecule has 2 nitrogen and oxygen atoms in total. The lowest BCUT2D eigenvalue weighted by atomic mass is 10.1. The maximum Gasteiger partial charge on any atom is 0.151 e. The van der Waals surface area contributed by atoms with Gasteiger partial charge in [-0.2, -0.15) is 0 Å². The highest BCUT2D eigenvalue weighted by atomic mass is 35.5. The van der Waals surface area contributed by atoms with E-state index in [9.17, 15) is 4.79 Å². The summed E-state index contributed by atoms with van der Waals surface area (Å²) >= 11 is 0. The van der Waals surface area contributed by atoms with Gasteiger partial charge in [-0.1, -0.05) is 6.92 Å². The molecular weight excluding hydrogens is 174 g/mol. The summed E-state index contributed by atoms with van der Waals surface area (Å²) in [6.45, 7) is 3.92. The standard InChI is InChI=1S/C9H11NO.ClH/c1-3-9-8(6-11)5-4-7(2)10-9;/h4-6H,3H2,1-2H3;1H. The second-order valence-corrected chi connectivity index (χ2v) is 2.46. The van der Waals surface area contributed by atoms with Gasteiger partial charge in [0.15, 0.2) is 6.29 Å². The Balaban J connectivity index is 0.00000121. The van der Waals surface area contributed by atoms with E-state index in [1.807, 2.05) is 26.0 Å². The summed E-state index contributed by atoms with van der Waals surface area (Å²) < 4.78 is 0. The van der Waals surface area contributed by atoms with E-state index >= 15 is 0 Å². The number of aryl methyl sites for hydroxylation is 2. The lowest BCUT2D eigenvalue weighted by Crippen LogP contribution is -1.96. The van der Waals surface area contributed by atoms with E-state index in [1.54, 1.807) is 0 Å². The predicted octanol–water partition coefficient (Wildman–Crippen LogP) is 2.19. The zero-order valence-electron chi connectivity index (χ0n) is 7.20.